The maximum absolute atomic E-state index is 13.3. The second-order valence-electron chi connectivity index (χ2n) is 10.4. The van der Waals surface area contributed by atoms with Gasteiger partial charge < -0.3 is 20.2 Å². The molecule has 0 aliphatic heterocycles. The molecule has 0 aliphatic rings. The maximum atomic E-state index is 13.3. The quantitative estimate of drug-likeness (QED) is 0.133. The Balaban J connectivity index is 0.000000212. The summed E-state index contributed by atoms with van der Waals surface area (Å²) in [6.07, 6.45) is -4.56. The number of aliphatic hydroxyl groups excluding tert-OH is 2. The van der Waals surface area contributed by atoms with E-state index in [0.29, 0.717) is 35.9 Å². The van der Waals surface area contributed by atoms with Gasteiger partial charge in [-0.15, -0.1) is 24.3 Å². The van der Waals surface area contributed by atoms with Crippen molar-refractivity contribution in [3.63, 3.8) is 0 Å². The number of pyridine rings is 4. The molecule has 0 atom stereocenters. The van der Waals surface area contributed by atoms with Crippen LogP contribution in [0.4, 0.5) is 43.9 Å². The van der Waals surface area contributed by atoms with Gasteiger partial charge in [0.1, 0.15) is 0 Å². The fraction of sp³-hybridized carbons (Fsp3) is 0.111. The van der Waals surface area contributed by atoms with Crippen molar-refractivity contribution in [1.29, 1.82) is 0 Å². The summed E-state index contributed by atoms with van der Waals surface area (Å²) in [6.45, 7) is -0.0373. The molecule has 279 valence electrons. The molecular weight excluding hydrogens is 903 g/mol. The van der Waals surface area contributed by atoms with Crippen LogP contribution in [0.25, 0.3) is 33.9 Å². The second kappa shape index (κ2) is 18.6. The first kappa shape index (κ1) is 42.3. The summed E-state index contributed by atoms with van der Waals surface area (Å²) < 4.78 is 126. The van der Waals surface area contributed by atoms with Crippen LogP contribution >= 0.6 is 0 Å². The van der Waals surface area contributed by atoms with E-state index in [2.05, 4.69) is 32.1 Å². The second-order valence-corrected chi connectivity index (χ2v) is 10.4. The number of halogens is 10. The van der Waals surface area contributed by atoms with Gasteiger partial charge in [0.05, 0.1) is 35.7 Å². The Bertz CT molecular complexity index is 1950. The zero-order valence-electron chi connectivity index (χ0n) is 26.4. The number of hydrogen-bond donors (Lipinski definition) is 2. The summed E-state index contributed by atoms with van der Waals surface area (Å²) in [5.74, 6) is -3.49. The zero-order chi connectivity index (χ0) is 38.1. The molecule has 6 nitrogen and oxygen atoms in total. The third-order valence-corrected chi connectivity index (χ3v) is 6.69. The van der Waals surface area contributed by atoms with E-state index in [1.807, 2.05) is 0 Å². The van der Waals surface area contributed by atoms with Gasteiger partial charge in [-0.25, -0.2) is 0 Å². The third-order valence-electron chi connectivity index (χ3n) is 6.69. The van der Waals surface area contributed by atoms with Crippen molar-refractivity contribution >= 4 is 0 Å². The van der Waals surface area contributed by atoms with E-state index in [1.54, 1.807) is 36.7 Å². The molecule has 0 saturated heterocycles. The normalized spacial score (nSPS) is 11.0. The molecule has 0 bridgehead atoms. The van der Waals surface area contributed by atoms with E-state index in [4.69, 9.17) is 10.2 Å². The molecule has 0 saturated carbocycles. The van der Waals surface area contributed by atoms with E-state index >= 15 is 0 Å². The number of rotatable bonds is 5. The Hall–Kier alpha value is -5.09. The minimum absolute atomic E-state index is 0. The predicted octanol–water partition coefficient (Wildman–Crippen LogP) is 8.82. The molecular formula is C36H22F10IrN4O2-2. The van der Waals surface area contributed by atoms with Crippen LogP contribution in [0.2, 0.25) is 0 Å². The van der Waals surface area contributed by atoms with Gasteiger partial charge in [0.15, 0.2) is 0 Å². The molecule has 4 aromatic heterocycles. The van der Waals surface area contributed by atoms with Crippen LogP contribution in [-0.2, 0) is 45.7 Å². The van der Waals surface area contributed by atoms with E-state index in [0.717, 1.165) is 47.5 Å². The van der Waals surface area contributed by atoms with E-state index in [9.17, 15) is 43.9 Å². The standard InChI is InChI=1S/2C12H5F5N.C12H12N2O2.Ir/c2*13-8-2-3-9(10(14)5-8)11-4-1-7(6-18-11)12(15,16)17;15-7-9-1-3-13-11(5-9)12-6-10(8-16)2-4-14-12;/h2*1-2,4-6H;1-6,15-16H,7-8H2;/q2*-1;;. The summed E-state index contributed by atoms with van der Waals surface area (Å²) in [4.78, 5) is 15.3. The van der Waals surface area contributed by atoms with Crippen molar-refractivity contribution in [3.8, 4) is 33.9 Å². The van der Waals surface area contributed by atoms with Crippen molar-refractivity contribution in [2.45, 2.75) is 25.6 Å². The van der Waals surface area contributed by atoms with Crippen molar-refractivity contribution in [1.82, 2.24) is 19.9 Å². The van der Waals surface area contributed by atoms with Crippen LogP contribution in [-0.4, -0.2) is 30.1 Å². The first-order chi connectivity index (χ1) is 24.6. The van der Waals surface area contributed by atoms with Gasteiger partial charge in [0.25, 0.3) is 0 Å². The number of aliphatic hydroxyl groups is 2. The zero-order valence-corrected chi connectivity index (χ0v) is 28.8. The number of alkyl halides is 6. The van der Waals surface area contributed by atoms with Gasteiger partial charge in [0.2, 0.25) is 0 Å². The molecule has 2 N–H and O–H groups in total. The van der Waals surface area contributed by atoms with Crippen LogP contribution in [0.1, 0.15) is 22.3 Å². The monoisotopic (exact) mass is 925 g/mol. The predicted molar refractivity (Wildman–Crippen MR) is 166 cm³/mol. The molecule has 6 aromatic rings. The number of nitrogens with zero attached hydrogens (tertiary/aromatic N) is 4. The Morgan fingerprint density at radius 2 is 0.887 bits per heavy atom. The largest absolute Gasteiger partial charge is 0.417 e. The van der Waals surface area contributed by atoms with Crippen LogP contribution < -0.4 is 0 Å². The molecule has 0 spiro atoms. The first-order valence-corrected chi connectivity index (χ1v) is 14.5. The van der Waals surface area contributed by atoms with E-state index < -0.39 is 46.7 Å². The van der Waals surface area contributed by atoms with Gasteiger partial charge >= 0.3 is 12.4 Å². The maximum Gasteiger partial charge on any atom is 0.417 e. The minimum atomic E-state index is -4.50. The Kier molecular flexibility index (Phi) is 14.9. The number of hydrogen-bond acceptors (Lipinski definition) is 6. The summed E-state index contributed by atoms with van der Waals surface area (Å²) in [7, 11) is 0. The molecule has 53 heavy (non-hydrogen) atoms. The molecule has 0 amide bonds. The van der Waals surface area contributed by atoms with Crippen molar-refractivity contribution in [2.75, 3.05) is 0 Å². The van der Waals surface area contributed by atoms with Crippen LogP contribution in [0, 0.1) is 35.4 Å². The molecule has 6 rings (SSSR count). The van der Waals surface area contributed by atoms with Crippen LogP contribution in [0.15, 0.2) is 97.6 Å². The number of benzene rings is 2. The van der Waals surface area contributed by atoms with Crippen molar-refractivity contribution in [3.05, 3.63) is 155 Å². The number of aromatic nitrogens is 4. The molecule has 17 heteroatoms. The molecule has 0 fully saturated rings. The minimum Gasteiger partial charge on any atom is -0.392 e. The third kappa shape index (κ3) is 12.0. The Morgan fingerprint density at radius 3 is 1.17 bits per heavy atom. The van der Waals surface area contributed by atoms with Gasteiger partial charge in [-0.1, -0.05) is 47.5 Å². The average Bonchev–Trinajstić information content (AvgIpc) is 3.12. The molecule has 4 heterocycles. The SMILES string of the molecule is Fc1c[c-]c(-c2ccc(C(F)(F)F)cn2)c(F)c1.Fc1c[c-]c(-c2ccc(C(F)(F)F)cn2)c(F)c1.OCc1ccnc(-c2cc(CO)ccn2)c1.[Ir]. The molecule has 0 unspecified atom stereocenters. The Labute approximate surface area is 308 Å². The van der Waals surface area contributed by atoms with E-state index in [-0.39, 0.29) is 55.8 Å². The molecule has 0 aliphatic carbocycles. The van der Waals surface area contributed by atoms with Gasteiger partial charge in [0, 0.05) is 68.2 Å². The Morgan fingerprint density at radius 1 is 0.509 bits per heavy atom. The van der Waals surface area contributed by atoms with Crippen LogP contribution in [0.5, 0.6) is 0 Å². The average molecular weight is 925 g/mol. The van der Waals surface area contributed by atoms with E-state index in [1.165, 1.54) is 0 Å². The molecule has 2 aromatic carbocycles. The van der Waals surface area contributed by atoms with Crippen LogP contribution in [0.3, 0.4) is 0 Å². The topological polar surface area (TPSA) is 92.0 Å². The summed E-state index contributed by atoms with van der Waals surface area (Å²) in [5, 5.41) is 18.0. The molecule has 1 radical (unpaired) electrons. The summed E-state index contributed by atoms with van der Waals surface area (Å²) in [6, 6.07) is 18.2. The van der Waals surface area contributed by atoms with Crippen molar-refractivity contribution < 1.29 is 74.2 Å². The van der Waals surface area contributed by atoms with Gasteiger partial charge in [-0.2, -0.15) is 26.3 Å². The summed E-state index contributed by atoms with van der Waals surface area (Å²) >= 11 is 0. The smallest absolute Gasteiger partial charge is 0.392 e. The fourth-order valence-electron chi connectivity index (χ4n) is 4.13. The summed E-state index contributed by atoms with van der Waals surface area (Å²) in [5.41, 5.74) is 0.671. The van der Waals surface area contributed by atoms with Crippen molar-refractivity contribution in [2.24, 2.45) is 0 Å². The van der Waals surface area contributed by atoms with Gasteiger partial charge in [-0.05, 0) is 46.8 Å². The van der Waals surface area contributed by atoms with Gasteiger partial charge in [-0.3, -0.25) is 27.5 Å². The fourth-order valence-corrected chi connectivity index (χ4v) is 4.13. The first-order valence-electron chi connectivity index (χ1n) is 14.5.